The molecule has 6 heteroatoms. The summed E-state index contributed by atoms with van der Waals surface area (Å²) in [6, 6.07) is 11.3. The first-order chi connectivity index (χ1) is 11.1. The molecular formula is C17H18ClN3O2. The Morgan fingerprint density at radius 1 is 1.39 bits per heavy atom. The second-order valence-corrected chi connectivity index (χ2v) is 5.43. The van der Waals surface area contributed by atoms with E-state index in [2.05, 4.69) is 15.5 Å². The van der Waals surface area contributed by atoms with E-state index >= 15 is 0 Å². The number of hydrogen-bond donors (Lipinski definition) is 1. The molecule has 0 saturated heterocycles. The molecule has 1 heterocycles. The second kappa shape index (κ2) is 8.29. The molecule has 0 spiro atoms. The molecular weight excluding hydrogens is 314 g/mol. The summed E-state index contributed by atoms with van der Waals surface area (Å²) in [5, 5.41) is 7.31. The molecule has 0 radical (unpaired) electrons. The summed E-state index contributed by atoms with van der Waals surface area (Å²) in [6.45, 7) is 4.47. The third-order valence-corrected chi connectivity index (χ3v) is 3.57. The van der Waals surface area contributed by atoms with Crippen LogP contribution in [0.2, 0.25) is 5.02 Å². The summed E-state index contributed by atoms with van der Waals surface area (Å²) in [6.07, 6.45) is 0.641. The summed E-state index contributed by atoms with van der Waals surface area (Å²) in [5.74, 6) is 0. The van der Waals surface area contributed by atoms with Gasteiger partial charge in [0, 0.05) is 17.3 Å². The van der Waals surface area contributed by atoms with Gasteiger partial charge in [-0.1, -0.05) is 28.9 Å². The van der Waals surface area contributed by atoms with E-state index in [1.807, 2.05) is 44.2 Å². The number of hydrogen-bond acceptors (Lipinski definition) is 4. The van der Waals surface area contributed by atoms with Crippen LogP contribution in [-0.4, -0.2) is 17.1 Å². The highest BCUT2D eigenvalue weighted by molar-refractivity contribution is 6.31. The molecule has 1 N–H and O–H groups in total. The molecule has 0 unspecified atom stereocenters. The Bertz CT molecular complexity index is 717. The van der Waals surface area contributed by atoms with Crippen LogP contribution in [0.5, 0.6) is 0 Å². The minimum absolute atomic E-state index is 0.312. The van der Waals surface area contributed by atoms with Crippen LogP contribution in [0.4, 0.5) is 0 Å². The highest BCUT2D eigenvalue weighted by Gasteiger charge is 2.05. The van der Waals surface area contributed by atoms with Crippen molar-refractivity contribution in [1.29, 1.82) is 0 Å². The molecule has 23 heavy (non-hydrogen) atoms. The number of benzene rings is 1. The van der Waals surface area contributed by atoms with Gasteiger partial charge in [0.25, 0.3) is 0 Å². The van der Waals surface area contributed by atoms with Gasteiger partial charge >= 0.3 is 0 Å². The summed E-state index contributed by atoms with van der Waals surface area (Å²) < 4.78 is 0. The summed E-state index contributed by atoms with van der Waals surface area (Å²) in [7, 11) is 0. The monoisotopic (exact) mass is 331 g/mol. The standard InChI is InChI=1S/C17H18ClN3O2/c1-12-4-3-5-16(20-12)10-23-21-13(2)14-6-7-17(18)15(8-14)9-19-11-22/h3-8,11H,9-10H2,1-2H3,(H,19,22)/b21-13+. The Morgan fingerprint density at radius 2 is 2.22 bits per heavy atom. The first-order valence-electron chi connectivity index (χ1n) is 7.15. The van der Waals surface area contributed by atoms with Crippen molar-refractivity contribution in [3.05, 3.63) is 63.9 Å². The van der Waals surface area contributed by atoms with Gasteiger partial charge in [0.2, 0.25) is 6.41 Å². The second-order valence-electron chi connectivity index (χ2n) is 5.03. The molecule has 2 rings (SSSR count). The zero-order valence-electron chi connectivity index (χ0n) is 13.0. The summed E-state index contributed by atoms with van der Waals surface area (Å²) in [5.41, 5.74) is 4.20. The van der Waals surface area contributed by atoms with Gasteiger partial charge < -0.3 is 10.2 Å². The largest absolute Gasteiger partial charge is 0.389 e. The lowest BCUT2D eigenvalue weighted by atomic mass is 10.1. The molecule has 1 aromatic heterocycles. The maximum atomic E-state index is 10.4. The number of rotatable bonds is 7. The predicted molar refractivity (Wildman–Crippen MR) is 90.3 cm³/mol. The molecule has 0 aliphatic carbocycles. The van der Waals surface area contributed by atoms with Crippen LogP contribution in [0, 0.1) is 6.92 Å². The van der Waals surface area contributed by atoms with Crippen molar-refractivity contribution in [2.24, 2.45) is 5.16 Å². The van der Waals surface area contributed by atoms with Gasteiger partial charge in [0.05, 0.1) is 11.4 Å². The fourth-order valence-electron chi connectivity index (χ4n) is 2.01. The van der Waals surface area contributed by atoms with Gasteiger partial charge in [0.1, 0.15) is 0 Å². The lowest BCUT2D eigenvalue weighted by molar-refractivity contribution is -0.109. The van der Waals surface area contributed by atoms with Gasteiger partial charge in [-0.25, -0.2) is 0 Å². The highest BCUT2D eigenvalue weighted by atomic mass is 35.5. The number of nitrogens with zero attached hydrogens (tertiary/aromatic N) is 2. The van der Waals surface area contributed by atoms with E-state index in [0.29, 0.717) is 24.6 Å². The first kappa shape index (κ1) is 17.0. The van der Waals surface area contributed by atoms with Gasteiger partial charge in [0.15, 0.2) is 6.61 Å². The molecule has 0 aliphatic heterocycles. The average Bonchev–Trinajstić information content (AvgIpc) is 2.54. The normalized spacial score (nSPS) is 11.2. The zero-order chi connectivity index (χ0) is 16.7. The minimum atomic E-state index is 0.312. The van der Waals surface area contributed by atoms with Crippen LogP contribution < -0.4 is 5.32 Å². The molecule has 1 aromatic carbocycles. The van der Waals surface area contributed by atoms with Crippen LogP contribution >= 0.6 is 11.6 Å². The minimum Gasteiger partial charge on any atom is -0.389 e. The Morgan fingerprint density at radius 3 is 2.96 bits per heavy atom. The average molecular weight is 332 g/mol. The number of nitrogens with one attached hydrogen (secondary N) is 1. The first-order valence-corrected chi connectivity index (χ1v) is 7.53. The van der Waals surface area contributed by atoms with E-state index in [9.17, 15) is 4.79 Å². The lowest BCUT2D eigenvalue weighted by Crippen LogP contribution is -2.11. The third kappa shape index (κ3) is 5.07. The van der Waals surface area contributed by atoms with E-state index in [0.717, 1.165) is 28.2 Å². The van der Waals surface area contributed by atoms with E-state index in [1.165, 1.54) is 0 Å². The summed E-state index contributed by atoms with van der Waals surface area (Å²) >= 11 is 6.10. The molecule has 0 fully saturated rings. The molecule has 120 valence electrons. The lowest BCUT2D eigenvalue weighted by Gasteiger charge is -2.07. The van der Waals surface area contributed by atoms with Crippen molar-refractivity contribution in [3.8, 4) is 0 Å². The number of carbonyl (C=O) groups is 1. The number of halogens is 1. The fourth-order valence-corrected chi connectivity index (χ4v) is 2.20. The zero-order valence-corrected chi connectivity index (χ0v) is 13.8. The Labute approximate surface area is 140 Å². The van der Waals surface area contributed by atoms with E-state index in [4.69, 9.17) is 16.4 Å². The van der Waals surface area contributed by atoms with Crippen LogP contribution in [0.15, 0.2) is 41.6 Å². The maximum absolute atomic E-state index is 10.4. The van der Waals surface area contributed by atoms with Crippen molar-refractivity contribution < 1.29 is 9.63 Å². The molecule has 1 amide bonds. The topological polar surface area (TPSA) is 63.6 Å². The number of aryl methyl sites for hydroxylation is 1. The summed E-state index contributed by atoms with van der Waals surface area (Å²) in [4.78, 5) is 20.1. The van der Waals surface area contributed by atoms with Gasteiger partial charge in [-0.05, 0) is 49.2 Å². The van der Waals surface area contributed by atoms with Gasteiger partial charge in [-0.15, -0.1) is 0 Å². The van der Waals surface area contributed by atoms with E-state index < -0.39 is 0 Å². The molecule has 0 aliphatic rings. The smallest absolute Gasteiger partial charge is 0.207 e. The van der Waals surface area contributed by atoms with Crippen LogP contribution in [0.25, 0.3) is 0 Å². The quantitative estimate of drug-likeness (QED) is 0.481. The van der Waals surface area contributed by atoms with Crippen molar-refractivity contribution in [2.75, 3.05) is 0 Å². The van der Waals surface area contributed by atoms with Crippen molar-refractivity contribution >= 4 is 23.7 Å². The van der Waals surface area contributed by atoms with E-state index in [1.54, 1.807) is 6.07 Å². The molecule has 0 saturated carbocycles. The number of pyridine rings is 1. The predicted octanol–water partition coefficient (Wildman–Crippen LogP) is 3.23. The Balaban J connectivity index is 2.04. The number of oxime groups is 1. The number of carbonyl (C=O) groups excluding carboxylic acids is 1. The molecule has 0 bridgehead atoms. The van der Waals surface area contributed by atoms with Crippen molar-refractivity contribution in [3.63, 3.8) is 0 Å². The van der Waals surface area contributed by atoms with Crippen molar-refractivity contribution in [1.82, 2.24) is 10.3 Å². The molecule has 5 nitrogen and oxygen atoms in total. The maximum Gasteiger partial charge on any atom is 0.207 e. The number of aromatic nitrogens is 1. The van der Waals surface area contributed by atoms with E-state index in [-0.39, 0.29) is 0 Å². The van der Waals surface area contributed by atoms with Crippen LogP contribution in [0.1, 0.15) is 29.4 Å². The van der Waals surface area contributed by atoms with Gasteiger partial charge in [-0.3, -0.25) is 9.78 Å². The fraction of sp³-hybridized carbons (Fsp3) is 0.235. The molecule has 0 atom stereocenters. The van der Waals surface area contributed by atoms with Crippen LogP contribution in [-0.2, 0) is 22.8 Å². The third-order valence-electron chi connectivity index (χ3n) is 3.20. The SMILES string of the molecule is C/C(=N\OCc1cccc(C)n1)c1ccc(Cl)c(CNC=O)c1. The van der Waals surface area contributed by atoms with Crippen LogP contribution in [0.3, 0.4) is 0 Å². The highest BCUT2D eigenvalue weighted by Crippen LogP contribution is 2.18. The Hall–Kier alpha value is -2.40. The van der Waals surface area contributed by atoms with Gasteiger partial charge in [-0.2, -0.15) is 0 Å². The van der Waals surface area contributed by atoms with Crippen molar-refractivity contribution in [2.45, 2.75) is 27.0 Å². The molecule has 2 aromatic rings. The Kier molecular flexibility index (Phi) is 6.11. The number of amides is 1.